The van der Waals surface area contributed by atoms with Crippen LogP contribution in [0.1, 0.15) is 26.6 Å². The van der Waals surface area contributed by atoms with Crippen LogP contribution in [0.2, 0.25) is 0 Å². The molecule has 6 rings (SSSR count). The molecule has 0 fully saturated rings. The van der Waals surface area contributed by atoms with Gasteiger partial charge in [0.15, 0.2) is 11.6 Å². The van der Waals surface area contributed by atoms with Crippen molar-refractivity contribution in [3.63, 3.8) is 0 Å². The maximum absolute atomic E-state index is 4.95. The van der Waals surface area contributed by atoms with Gasteiger partial charge in [0.25, 0.3) is 0 Å². The lowest BCUT2D eigenvalue weighted by Gasteiger charge is -2.18. The van der Waals surface area contributed by atoms with Crippen molar-refractivity contribution in [2.24, 2.45) is 0 Å². The van der Waals surface area contributed by atoms with Gasteiger partial charge >= 0.3 is 0 Å². The molecule has 0 unspecified atom stereocenters. The van der Waals surface area contributed by atoms with Gasteiger partial charge in [-0.2, -0.15) is 0 Å². The Hall–Kier alpha value is -4.37. The molecule has 3 heteroatoms. The molecule has 5 aromatic carbocycles. The van der Waals surface area contributed by atoms with Gasteiger partial charge < -0.3 is 0 Å². The largest absolute Gasteiger partial charge is 0.212 e. The number of benzene rings is 5. The first-order valence-corrected chi connectivity index (χ1v) is 12.3. The quantitative estimate of drug-likeness (QED) is 0.246. The summed E-state index contributed by atoms with van der Waals surface area (Å²) in [6.07, 6.45) is 0. The average molecular weight is 466 g/mol. The first kappa shape index (κ1) is 22.1. The van der Waals surface area contributed by atoms with E-state index in [-0.39, 0.29) is 5.41 Å². The van der Waals surface area contributed by atoms with E-state index in [2.05, 4.69) is 124 Å². The summed E-state index contributed by atoms with van der Waals surface area (Å²) < 4.78 is 0. The molecule has 0 bridgehead atoms. The number of fused-ring (bicyclic) bond motifs is 3. The lowest BCUT2D eigenvalue weighted by atomic mass is 9.95. The zero-order valence-corrected chi connectivity index (χ0v) is 20.7. The molecule has 0 saturated carbocycles. The molecular weight excluding hydrogens is 438 g/mol. The minimum atomic E-state index is -0.208. The van der Waals surface area contributed by atoms with Crippen LogP contribution in [0, 0.1) is 0 Å². The van der Waals surface area contributed by atoms with Crippen molar-refractivity contribution in [1.29, 1.82) is 0 Å². The highest BCUT2D eigenvalue weighted by Crippen LogP contribution is 2.31. The van der Waals surface area contributed by atoms with Crippen LogP contribution in [0.5, 0.6) is 0 Å². The molecule has 6 aromatic rings. The summed E-state index contributed by atoms with van der Waals surface area (Å²) in [4.78, 5) is 14.8. The highest BCUT2D eigenvalue weighted by atomic mass is 15.0. The van der Waals surface area contributed by atoms with Gasteiger partial charge in [0, 0.05) is 16.5 Å². The molecule has 0 N–H and O–H groups in total. The number of hydrogen-bond acceptors (Lipinski definition) is 3. The molecule has 36 heavy (non-hydrogen) atoms. The van der Waals surface area contributed by atoms with Crippen molar-refractivity contribution in [1.82, 2.24) is 15.0 Å². The smallest absolute Gasteiger partial charge is 0.163 e. The Labute approximate surface area is 211 Å². The average Bonchev–Trinajstić information content (AvgIpc) is 2.92. The third-order valence-corrected chi connectivity index (χ3v) is 6.56. The summed E-state index contributed by atoms with van der Waals surface area (Å²) in [6, 6.07) is 38.2. The molecule has 0 aliphatic heterocycles. The molecule has 0 aliphatic rings. The zero-order valence-electron chi connectivity index (χ0n) is 20.7. The number of aromatic nitrogens is 3. The van der Waals surface area contributed by atoms with Crippen LogP contribution in [0.4, 0.5) is 0 Å². The Morgan fingerprint density at radius 2 is 0.972 bits per heavy atom. The van der Waals surface area contributed by atoms with E-state index in [0.717, 1.165) is 17.0 Å². The number of nitrogens with zero attached hydrogens (tertiary/aromatic N) is 3. The molecule has 1 heterocycles. The van der Waals surface area contributed by atoms with Gasteiger partial charge in [-0.05, 0) is 38.7 Å². The van der Waals surface area contributed by atoms with Gasteiger partial charge in [-0.15, -0.1) is 0 Å². The van der Waals surface area contributed by atoms with Crippen LogP contribution < -0.4 is 0 Å². The Bertz CT molecular complexity index is 1700. The van der Waals surface area contributed by atoms with Gasteiger partial charge in [0.05, 0.1) is 0 Å². The van der Waals surface area contributed by atoms with E-state index >= 15 is 0 Å². The summed E-state index contributed by atoms with van der Waals surface area (Å²) >= 11 is 0. The highest BCUT2D eigenvalue weighted by Gasteiger charge is 2.21. The molecular formula is C33H27N3. The van der Waals surface area contributed by atoms with Crippen LogP contribution in [0.25, 0.3) is 55.4 Å². The highest BCUT2D eigenvalue weighted by molar-refractivity contribution is 6.08. The van der Waals surface area contributed by atoms with Crippen molar-refractivity contribution in [2.75, 3.05) is 0 Å². The summed E-state index contributed by atoms with van der Waals surface area (Å²) in [7, 11) is 0. The zero-order chi connectivity index (χ0) is 24.7. The summed E-state index contributed by atoms with van der Waals surface area (Å²) in [5, 5.41) is 4.88. The Morgan fingerprint density at radius 3 is 1.69 bits per heavy atom. The van der Waals surface area contributed by atoms with Crippen LogP contribution in [0.15, 0.2) is 109 Å². The van der Waals surface area contributed by atoms with Gasteiger partial charge in [-0.1, -0.05) is 124 Å². The molecule has 0 atom stereocenters. The van der Waals surface area contributed by atoms with Crippen molar-refractivity contribution >= 4 is 21.5 Å². The summed E-state index contributed by atoms with van der Waals surface area (Å²) in [5.41, 5.74) is 4.13. The summed E-state index contributed by atoms with van der Waals surface area (Å²) in [5.74, 6) is 2.18. The van der Waals surface area contributed by atoms with Gasteiger partial charge in [-0.3, -0.25) is 0 Å². The lowest BCUT2D eigenvalue weighted by molar-refractivity contribution is 0.543. The van der Waals surface area contributed by atoms with Crippen LogP contribution in [-0.2, 0) is 5.41 Å². The first-order valence-electron chi connectivity index (χ1n) is 12.3. The second kappa shape index (κ2) is 8.69. The second-order valence-electron chi connectivity index (χ2n) is 10.2. The van der Waals surface area contributed by atoms with E-state index in [4.69, 9.17) is 15.0 Å². The topological polar surface area (TPSA) is 38.7 Å². The molecule has 174 valence electrons. The van der Waals surface area contributed by atoms with E-state index in [0.29, 0.717) is 11.6 Å². The molecule has 0 aliphatic carbocycles. The number of rotatable bonds is 3. The molecule has 0 saturated heterocycles. The van der Waals surface area contributed by atoms with E-state index in [1.807, 2.05) is 6.07 Å². The van der Waals surface area contributed by atoms with Crippen molar-refractivity contribution in [3.8, 4) is 33.9 Å². The first-order chi connectivity index (χ1) is 17.5. The Balaban J connectivity index is 1.49. The minimum Gasteiger partial charge on any atom is -0.212 e. The van der Waals surface area contributed by atoms with Crippen LogP contribution >= 0.6 is 0 Å². The molecule has 0 spiro atoms. The third-order valence-electron chi connectivity index (χ3n) is 6.56. The van der Waals surface area contributed by atoms with E-state index in [1.165, 1.54) is 32.7 Å². The fraction of sp³-hybridized carbons (Fsp3) is 0.121. The molecule has 1 aromatic heterocycles. The van der Waals surface area contributed by atoms with Crippen LogP contribution in [0.3, 0.4) is 0 Å². The molecule has 0 radical (unpaired) electrons. The van der Waals surface area contributed by atoms with E-state index < -0.39 is 0 Å². The monoisotopic (exact) mass is 465 g/mol. The molecule has 0 amide bonds. The molecule has 3 nitrogen and oxygen atoms in total. The Morgan fingerprint density at radius 1 is 0.444 bits per heavy atom. The maximum Gasteiger partial charge on any atom is 0.163 e. The fourth-order valence-electron chi connectivity index (χ4n) is 4.55. The summed E-state index contributed by atoms with van der Waals surface area (Å²) in [6.45, 7) is 6.42. The predicted molar refractivity (Wildman–Crippen MR) is 150 cm³/mol. The van der Waals surface area contributed by atoms with E-state index in [1.54, 1.807) is 0 Å². The van der Waals surface area contributed by atoms with Crippen molar-refractivity contribution in [2.45, 2.75) is 26.2 Å². The third kappa shape index (κ3) is 4.14. The maximum atomic E-state index is 4.95. The van der Waals surface area contributed by atoms with Gasteiger partial charge in [0.1, 0.15) is 5.82 Å². The second-order valence-corrected chi connectivity index (χ2v) is 10.2. The lowest BCUT2D eigenvalue weighted by Crippen LogP contribution is -2.18. The predicted octanol–water partition coefficient (Wildman–Crippen LogP) is 8.48. The Kier molecular flexibility index (Phi) is 5.34. The van der Waals surface area contributed by atoms with Gasteiger partial charge in [0.2, 0.25) is 0 Å². The standard InChI is InChI=1S/C33H27N3/c1-33(2,3)32-35-30(26-18-13-23(14-19-26)22-9-5-4-6-10-22)34-31(36-32)27-20-17-25-16-15-24-11-7-8-12-28(24)29(25)21-27/h4-21H,1-3H3. The number of hydrogen-bond donors (Lipinski definition) is 0. The SMILES string of the molecule is CC(C)(C)c1nc(-c2ccc(-c3ccccc3)cc2)nc(-c2ccc3ccc4ccccc4c3c2)n1. The van der Waals surface area contributed by atoms with Crippen LogP contribution in [-0.4, -0.2) is 15.0 Å². The fourth-order valence-corrected chi connectivity index (χ4v) is 4.55. The van der Waals surface area contributed by atoms with Gasteiger partial charge in [-0.25, -0.2) is 15.0 Å². The van der Waals surface area contributed by atoms with E-state index in [9.17, 15) is 0 Å². The van der Waals surface area contributed by atoms with Crippen molar-refractivity contribution in [3.05, 3.63) is 115 Å². The van der Waals surface area contributed by atoms with Crippen molar-refractivity contribution < 1.29 is 0 Å². The minimum absolute atomic E-state index is 0.208. The normalized spacial score (nSPS) is 11.8.